The Bertz CT molecular complexity index is 1300. The summed E-state index contributed by atoms with van der Waals surface area (Å²) in [4.78, 5) is 27.4. The Morgan fingerprint density at radius 3 is 2.55 bits per heavy atom. The van der Waals surface area contributed by atoms with Gasteiger partial charge in [0.1, 0.15) is 17.6 Å². The second kappa shape index (κ2) is 8.89. The van der Waals surface area contributed by atoms with E-state index >= 15 is 0 Å². The molecule has 1 aromatic rings. The Balaban J connectivity index is 1.39. The maximum atomic E-state index is 14.2. The van der Waals surface area contributed by atoms with Crippen LogP contribution in [0.15, 0.2) is 36.4 Å². The summed E-state index contributed by atoms with van der Waals surface area (Å²) in [7, 11) is 3.05. The SMILES string of the molecule is C=C1C(=O)[C@]23[C@H](OC(=O)/C=C/c4ccc(OC)c(OC)c4)[C@H]1CC[C@H]2[C@@]12CO[C@]3(O)[C@@H](O)[C@@H]1C(C)(C)CC[C@@H]2O. The van der Waals surface area contributed by atoms with Gasteiger partial charge in [0.05, 0.1) is 26.9 Å². The molecule has 0 amide bonds. The molecule has 9 atom stereocenters. The van der Waals surface area contributed by atoms with Crippen molar-refractivity contribution in [1.29, 1.82) is 0 Å². The van der Waals surface area contributed by atoms with Crippen molar-refractivity contribution in [1.82, 2.24) is 0 Å². The highest BCUT2D eigenvalue weighted by Crippen LogP contribution is 2.76. The monoisotopic (exact) mass is 554 g/mol. The number of carbonyl (C=O) groups is 2. The van der Waals surface area contributed by atoms with Crippen LogP contribution in [0.25, 0.3) is 6.08 Å². The molecule has 6 aliphatic rings. The van der Waals surface area contributed by atoms with Gasteiger partial charge in [-0.3, -0.25) is 4.79 Å². The number of benzene rings is 1. The minimum Gasteiger partial charge on any atom is -0.493 e. The molecule has 1 aromatic carbocycles. The summed E-state index contributed by atoms with van der Waals surface area (Å²) in [5.74, 6) is -3.97. The first-order chi connectivity index (χ1) is 18.9. The third kappa shape index (κ3) is 3.17. The number of hydrogen-bond donors (Lipinski definition) is 3. The van der Waals surface area contributed by atoms with E-state index in [1.54, 1.807) is 24.3 Å². The maximum absolute atomic E-state index is 14.2. The van der Waals surface area contributed by atoms with Crippen LogP contribution in [0, 0.1) is 34.0 Å². The Kier molecular flexibility index (Phi) is 6.10. The van der Waals surface area contributed by atoms with Crippen molar-refractivity contribution in [3.8, 4) is 11.5 Å². The van der Waals surface area contributed by atoms with E-state index in [2.05, 4.69) is 6.58 Å². The average Bonchev–Trinajstić information content (AvgIpc) is 3.04. The normalized spacial score (nSPS) is 42.9. The third-order valence-electron chi connectivity index (χ3n) is 10.9. The lowest BCUT2D eigenvalue weighted by Gasteiger charge is -2.74. The van der Waals surface area contributed by atoms with Crippen molar-refractivity contribution < 1.29 is 43.9 Å². The van der Waals surface area contributed by atoms with Crippen LogP contribution in [-0.2, 0) is 19.1 Å². The molecule has 9 nitrogen and oxygen atoms in total. The Morgan fingerprint density at radius 2 is 1.85 bits per heavy atom. The first kappa shape index (κ1) is 27.4. The van der Waals surface area contributed by atoms with Crippen LogP contribution in [0.4, 0.5) is 0 Å². The zero-order valence-corrected chi connectivity index (χ0v) is 23.4. The second-order valence-electron chi connectivity index (χ2n) is 12.8. The smallest absolute Gasteiger partial charge is 0.331 e. The van der Waals surface area contributed by atoms with Crippen molar-refractivity contribution in [3.05, 3.63) is 42.0 Å². The average molecular weight is 555 g/mol. The van der Waals surface area contributed by atoms with Crippen LogP contribution in [-0.4, -0.2) is 72.0 Å². The molecule has 6 fully saturated rings. The first-order valence-electron chi connectivity index (χ1n) is 14.0. The Labute approximate surface area is 233 Å². The molecule has 216 valence electrons. The van der Waals surface area contributed by atoms with Gasteiger partial charge in [0, 0.05) is 23.3 Å². The highest BCUT2D eigenvalue weighted by atomic mass is 16.6. The van der Waals surface area contributed by atoms with E-state index in [9.17, 15) is 24.9 Å². The van der Waals surface area contributed by atoms with E-state index in [0.29, 0.717) is 42.7 Å². The fourth-order valence-electron chi connectivity index (χ4n) is 9.32. The summed E-state index contributed by atoms with van der Waals surface area (Å²) < 4.78 is 22.7. The van der Waals surface area contributed by atoms with Gasteiger partial charge < -0.3 is 34.3 Å². The fraction of sp³-hybridized carbons (Fsp3) is 0.613. The molecule has 40 heavy (non-hydrogen) atoms. The summed E-state index contributed by atoms with van der Waals surface area (Å²) in [6.07, 6.45) is 1.62. The number of carbonyl (C=O) groups excluding carboxylic acids is 2. The van der Waals surface area contributed by atoms with Crippen LogP contribution >= 0.6 is 0 Å². The van der Waals surface area contributed by atoms with Crippen LogP contribution in [0.5, 0.6) is 11.5 Å². The summed E-state index contributed by atoms with van der Waals surface area (Å²) in [5.41, 5.74) is -2.22. The number of hydrogen-bond acceptors (Lipinski definition) is 9. The molecule has 4 saturated carbocycles. The molecule has 4 aliphatic carbocycles. The highest BCUT2D eigenvalue weighted by Gasteiger charge is 2.87. The van der Waals surface area contributed by atoms with E-state index in [-0.39, 0.29) is 12.2 Å². The Hall–Kier alpha value is -2.72. The van der Waals surface area contributed by atoms with Gasteiger partial charge in [0.25, 0.3) is 0 Å². The van der Waals surface area contributed by atoms with E-state index in [1.165, 1.54) is 20.3 Å². The number of ketones is 1. The molecule has 4 bridgehead atoms. The summed E-state index contributed by atoms with van der Waals surface area (Å²) in [6.45, 7) is 8.13. The van der Waals surface area contributed by atoms with Gasteiger partial charge in [-0.15, -0.1) is 0 Å². The molecule has 3 N–H and O–H groups in total. The van der Waals surface area contributed by atoms with Crippen molar-refractivity contribution in [2.45, 2.75) is 63.6 Å². The van der Waals surface area contributed by atoms with Gasteiger partial charge in [-0.05, 0) is 66.4 Å². The molecule has 2 aliphatic heterocycles. The molecule has 2 spiro atoms. The highest BCUT2D eigenvalue weighted by molar-refractivity contribution is 6.05. The molecule has 2 saturated heterocycles. The predicted molar refractivity (Wildman–Crippen MR) is 143 cm³/mol. The van der Waals surface area contributed by atoms with Crippen LogP contribution in [0.3, 0.4) is 0 Å². The number of rotatable bonds is 5. The van der Waals surface area contributed by atoms with Crippen molar-refractivity contribution in [2.75, 3.05) is 20.8 Å². The van der Waals surface area contributed by atoms with Crippen molar-refractivity contribution >= 4 is 17.8 Å². The molecular formula is C31H38O9. The Morgan fingerprint density at radius 1 is 1.12 bits per heavy atom. The van der Waals surface area contributed by atoms with Gasteiger partial charge in [-0.2, -0.15) is 0 Å². The standard InChI is InChI=1S/C31H38O9/c1-16-18-8-10-21-29-15-39-31(36,26(35)24(29)28(2,3)13-12-22(29)32)30(21,25(16)34)27(18)40-23(33)11-7-17-6-9-19(37-4)20(14-17)38-5/h6-7,9,11,14,18,21-22,24,26-27,32,35-36H,1,8,10,12-13,15H2,2-5H3/b11-7+/t18-,21-,22-,24+,26-,27+,29+,30-,31+/m0/s1. The second-order valence-corrected chi connectivity index (χ2v) is 12.8. The zero-order valence-electron chi connectivity index (χ0n) is 23.4. The lowest BCUT2D eigenvalue weighted by molar-refractivity contribution is -0.458. The van der Waals surface area contributed by atoms with Gasteiger partial charge in [-0.25, -0.2) is 4.79 Å². The first-order valence-corrected chi connectivity index (χ1v) is 14.0. The molecule has 0 radical (unpaired) electrons. The quantitative estimate of drug-likeness (QED) is 0.371. The summed E-state index contributed by atoms with van der Waals surface area (Å²) in [6, 6.07) is 5.19. The number of ether oxygens (including phenoxy) is 4. The predicted octanol–water partition coefficient (Wildman–Crippen LogP) is 2.66. The number of methoxy groups -OCH3 is 2. The van der Waals surface area contributed by atoms with Crippen LogP contribution in [0.2, 0.25) is 0 Å². The topological polar surface area (TPSA) is 132 Å². The zero-order chi connectivity index (χ0) is 28.8. The lowest BCUT2D eigenvalue weighted by Crippen LogP contribution is -2.85. The minimum atomic E-state index is -2.29. The molecular weight excluding hydrogens is 516 g/mol. The number of aliphatic hydroxyl groups is 3. The molecule has 0 unspecified atom stereocenters. The molecule has 0 aromatic heterocycles. The lowest BCUT2D eigenvalue weighted by atomic mass is 9.35. The van der Waals surface area contributed by atoms with E-state index in [1.807, 2.05) is 13.8 Å². The number of Topliss-reactive ketones (excluding diaryl/α,β-unsaturated/α-hetero) is 1. The van der Waals surface area contributed by atoms with Gasteiger partial charge in [0.15, 0.2) is 17.3 Å². The number of esters is 1. The maximum Gasteiger partial charge on any atom is 0.331 e. The van der Waals surface area contributed by atoms with Crippen LogP contribution in [0.1, 0.15) is 45.1 Å². The molecule has 2 heterocycles. The van der Waals surface area contributed by atoms with E-state index in [4.69, 9.17) is 18.9 Å². The number of aliphatic hydroxyl groups excluding tert-OH is 2. The minimum absolute atomic E-state index is 0.0204. The fourth-order valence-corrected chi connectivity index (χ4v) is 9.32. The molecule has 7 rings (SSSR count). The van der Waals surface area contributed by atoms with Gasteiger partial charge in [0.2, 0.25) is 5.79 Å². The van der Waals surface area contributed by atoms with E-state index in [0.717, 1.165) is 0 Å². The van der Waals surface area contributed by atoms with Crippen molar-refractivity contribution in [2.24, 2.45) is 34.0 Å². The number of fused-ring (bicyclic) bond motifs is 2. The molecule has 9 heteroatoms. The summed E-state index contributed by atoms with van der Waals surface area (Å²) in [5, 5.41) is 35.6. The summed E-state index contributed by atoms with van der Waals surface area (Å²) >= 11 is 0. The van der Waals surface area contributed by atoms with Crippen molar-refractivity contribution in [3.63, 3.8) is 0 Å². The third-order valence-corrected chi connectivity index (χ3v) is 10.9. The van der Waals surface area contributed by atoms with Crippen LogP contribution < -0.4 is 9.47 Å². The largest absolute Gasteiger partial charge is 0.493 e. The van der Waals surface area contributed by atoms with E-state index < -0.39 is 69.9 Å². The van der Waals surface area contributed by atoms with Gasteiger partial charge >= 0.3 is 5.97 Å². The van der Waals surface area contributed by atoms with Gasteiger partial charge in [-0.1, -0.05) is 26.5 Å².